The molecule has 2 bridgehead atoms. The van der Waals surface area contributed by atoms with Gasteiger partial charge in [-0.05, 0) is 70.1 Å². The first-order valence-electron chi connectivity index (χ1n) is 14.0. The minimum absolute atomic E-state index is 0.0724. The summed E-state index contributed by atoms with van der Waals surface area (Å²) in [5, 5.41) is 21.7. The highest BCUT2D eigenvalue weighted by atomic mass is 16.6. The molecule has 0 spiro atoms. The van der Waals surface area contributed by atoms with Gasteiger partial charge in [-0.1, -0.05) is 61.1 Å². The van der Waals surface area contributed by atoms with E-state index in [9.17, 15) is 15.0 Å². The van der Waals surface area contributed by atoms with E-state index in [2.05, 4.69) is 38.7 Å². The van der Waals surface area contributed by atoms with Gasteiger partial charge in [-0.2, -0.15) is 0 Å². The van der Waals surface area contributed by atoms with Crippen LogP contribution in [0.5, 0.6) is 0 Å². The average Bonchev–Trinajstić information content (AvgIpc) is 3.61. The Kier molecular flexibility index (Phi) is 9.99. The molecule has 4 rings (SSSR count). The summed E-state index contributed by atoms with van der Waals surface area (Å²) in [7, 11) is 0. The van der Waals surface area contributed by atoms with Gasteiger partial charge in [0, 0.05) is 12.5 Å². The van der Waals surface area contributed by atoms with Crippen LogP contribution in [0.2, 0.25) is 0 Å². The summed E-state index contributed by atoms with van der Waals surface area (Å²) in [6, 6.07) is 0. The van der Waals surface area contributed by atoms with Crippen LogP contribution >= 0.6 is 0 Å². The summed E-state index contributed by atoms with van der Waals surface area (Å²) in [5.41, 5.74) is 2.37. The normalized spacial score (nSPS) is 39.6. The SMILES string of the molecule is C=C1CC(C)CC2CC=CC(C/C=C\C(=O)OC(C(O)/C=C/C3CCC=C(C)C3)C[C@@H]3OC3[C@@H](O)C1)O2. The number of ether oxygens (including phenoxy) is 3. The van der Waals surface area contributed by atoms with Gasteiger partial charge in [-0.3, -0.25) is 0 Å². The molecule has 0 aromatic heterocycles. The van der Waals surface area contributed by atoms with Gasteiger partial charge >= 0.3 is 5.97 Å². The number of aliphatic hydroxyl groups excluding tert-OH is 2. The minimum Gasteiger partial charge on any atom is -0.456 e. The maximum atomic E-state index is 12.7. The lowest BCUT2D eigenvalue weighted by Gasteiger charge is -2.28. The van der Waals surface area contributed by atoms with Gasteiger partial charge in [0.05, 0.1) is 24.4 Å². The summed E-state index contributed by atoms with van der Waals surface area (Å²) >= 11 is 0. The van der Waals surface area contributed by atoms with Crippen molar-refractivity contribution in [2.24, 2.45) is 11.8 Å². The number of allylic oxidation sites excluding steroid dienone is 3. The third-order valence-electron chi connectivity index (χ3n) is 7.85. The predicted octanol–water partition coefficient (Wildman–Crippen LogP) is 5.12. The Hall–Kier alpha value is -1.99. The molecule has 3 heterocycles. The molecule has 0 radical (unpaired) electrons. The monoisotopic (exact) mass is 512 g/mol. The van der Waals surface area contributed by atoms with Crippen molar-refractivity contribution in [1.82, 2.24) is 0 Å². The minimum atomic E-state index is -0.947. The first-order chi connectivity index (χ1) is 17.8. The number of carbonyl (C=O) groups is 1. The van der Waals surface area contributed by atoms with Crippen LogP contribution in [-0.4, -0.2) is 58.9 Å². The van der Waals surface area contributed by atoms with Crippen molar-refractivity contribution < 1.29 is 29.2 Å². The lowest BCUT2D eigenvalue weighted by molar-refractivity contribution is -0.148. The zero-order valence-electron chi connectivity index (χ0n) is 22.3. The summed E-state index contributed by atoms with van der Waals surface area (Å²) in [5.74, 6) is 0.278. The third kappa shape index (κ3) is 8.78. The van der Waals surface area contributed by atoms with Crippen molar-refractivity contribution in [3.05, 3.63) is 60.3 Å². The topological polar surface area (TPSA) is 88.5 Å². The lowest BCUT2D eigenvalue weighted by Crippen LogP contribution is -2.32. The van der Waals surface area contributed by atoms with E-state index in [1.807, 2.05) is 6.08 Å². The van der Waals surface area contributed by atoms with E-state index in [0.717, 1.165) is 44.1 Å². The molecule has 9 atom stereocenters. The highest BCUT2D eigenvalue weighted by molar-refractivity contribution is 5.82. The van der Waals surface area contributed by atoms with E-state index < -0.39 is 24.3 Å². The lowest BCUT2D eigenvalue weighted by atomic mass is 9.88. The van der Waals surface area contributed by atoms with Crippen LogP contribution in [0.1, 0.15) is 71.6 Å². The van der Waals surface area contributed by atoms with E-state index in [4.69, 9.17) is 14.2 Å². The number of hydrogen-bond donors (Lipinski definition) is 2. The van der Waals surface area contributed by atoms with Crippen LogP contribution < -0.4 is 0 Å². The molecule has 37 heavy (non-hydrogen) atoms. The van der Waals surface area contributed by atoms with Crippen LogP contribution in [0, 0.1) is 11.8 Å². The Morgan fingerprint density at radius 2 is 1.97 bits per heavy atom. The Morgan fingerprint density at radius 3 is 2.78 bits per heavy atom. The Labute approximate surface area is 221 Å². The highest BCUT2D eigenvalue weighted by Crippen LogP contribution is 2.35. The Morgan fingerprint density at radius 1 is 1.14 bits per heavy atom. The van der Waals surface area contributed by atoms with Crippen molar-refractivity contribution >= 4 is 5.97 Å². The second-order valence-corrected chi connectivity index (χ2v) is 11.5. The van der Waals surface area contributed by atoms with Crippen LogP contribution in [0.25, 0.3) is 0 Å². The number of cyclic esters (lactones) is 1. The molecule has 204 valence electrons. The molecule has 0 aromatic rings. The number of carbonyl (C=O) groups excluding carboxylic acids is 1. The van der Waals surface area contributed by atoms with Crippen molar-refractivity contribution in [2.45, 2.75) is 114 Å². The summed E-state index contributed by atoms with van der Waals surface area (Å²) in [6.45, 7) is 8.54. The van der Waals surface area contributed by atoms with Crippen LogP contribution in [0.15, 0.2) is 60.3 Å². The maximum Gasteiger partial charge on any atom is 0.330 e. The predicted molar refractivity (Wildman–Crippen MR) is 144 cm³/mol. The summed E-state index contributed by atoms with van der Waals surface area (Å²) < 4.78 is 17.7. The standard InChI is InChI=1S/C31H44O6/c1-20-7-4-8-23(16-20)13-14-26(32)28-19-29-31(37-29)27(33)18-22(3)15-21(2)17-25-11-5-9-24(35-25)10-6-12-30(34)36-28/h5-7,9,12-14,21,23-29,31-33H,3-4,8,10-11,15-19H2,1-2H3/b12-6-,14-13+/t21?,23?,24?,25?,26?,27-,28?,29-,31?/m0/s1. The van der Waals surface area contributed by atoms with Crippen molar-refractivity contribution in [3.8, 4) is 0 Å². The van der Waals surface area contributed by atoms with E-state index in [0.29, 0.717) is 31.1 Å². The van der Waals surface area contributed by atoms with E-state index in [1.165, 1.54) is 11.6 Å². The molecule has 0 aromatic carbocycles. The number of rotatable bonds is 3. The first-order valence-corrected chi connectivity index (χ1v) is 14.0. The van der Waals surface area contributed by atoms with E-state index in [-0.39, 0.29) is 24.4 Å². The second kappa shape index (κ2) is 13.2. The largest absolute Gasteiger partial charge is 0.456 e. The molecular weight excluding hydrogens is 468 g/mol. The molecule has 0 amide bonds. The molecule has 1 aliphatic carbocycles. The van der Waals surface area contributed by atoms with Gasteiger partial charge in [-0.25, -0.2) is 4.79 Å². The van der Waals surface area contributed by atoms with Gasteiger partial charge in [0.2, 0.25) is 0 Å². The molecular formula is C31H44O6. The van der Waals surface area contributed by atoms with Gasteiger partial charge in [-0.15, -0.1) is 0 Å². The molecule has 1 fully saturated rings. The number of hydrogen-bond acceptors (Lipinski definition) is 6. The van der Waals surface area contributed by atoms with Gasteiger partial charge in [0.15, 0.2) is 0 Å². The molecule has 0 saturated carbocycles. The zero-order chi connectivity index (χ0) is 26.4. The van der Waals surface area contributed by atoms with Crippen LogP contribution in [-0.2, 0) is 19.0 Å². The summed E-state index contributed by atoms with van der Waals surface area (Å²) in [4.78, 5) is 12.7. The third-order valence-corrected chi connectivity index (χ3v) is 7.85. The van der Waals surface area contributed by atoms with Gasteiger partial charge in [0.25, 0.3) is 0 Å². The number of epoxide rings is 1. The maximum absolute atomic E-state index is 12.7. The fourth-order valence-electron chi connectivity index (χ4n) is 5.90. The quantitative estimate of drug-likeness (QED) is 0.310. The second-order valence-electron chi connectivity index (χ2n) is 11.5. The van der Waals surface area contributed by atoms with Crippen LogP contribution in [0.3, 0.4) is 0 Å². The molecule has 6 heteroatoms. The summed E-state index contributed by atoms with van der Waals surface area (Å²) in [6.07, 6.45) is 17.7. The number of aliphatic hydroxyl groups is 2. The van der Waals surface area contributed by atoms with E-state index >= 15 is 0 Å². The first kappa shape index (κ1) is 28.0. The smallest absolute Gasteiger partial charge is 0.330 e. The van der Waals surface area contributed by atoms with Gasteiger partial charge in [0.1, 0.15) is 18.3 Å². The van der Waals surface area contributed by atoms with E-state index in [1.54, 1.807) is 12.2 Å². The van der Waals surface area contributed by atoms with Crippen molar-refractivity contribution in [2.75, 3.05) is 0 Å². The molecule has 2 N–H and O–H groups in total. The average molecular weight is 513 g/mol. The fraction of sp³-hybridized carbons (Fsp3) is 0.645. The van der Waals surface area contributed by atoms with Gasteiger partial charge < -0.3 is 24.4 Å². The van der Waals surface area contributed by atoms with Crippen molar-refractivity contribution in [1.29, 1.82) is 0 Å². The molecule has 1 saturated heterocycles. The van der Waals surface area contributed by atoms with Crippen LogP contribution in [0.4, 0.5) is 0 Å². The molecule has 3 aliphatic heterocycles. The molecule has 4 aliphatic rings. The van der Waals surface area contributed by atoms with Crippen molar-refractivity contribution in [3.63, 3.8) is 0 Å². The number of fused-ring (bicyclic) bond motifs is 3. The fourth-order valence-corrected chi connectivity index (χ4v) is 5.90. The zero-order valence-corrected chi connectivity index (χ0v) is 22.3. The number of esters is 1. The molecule has 6 nitrogen and oxygen atoms in total. The Balaban J connectivity index is 1.44. The highest BCUT2D eigenvalue weighted by Gasteiger charge is 2.46. The molecule has 7 unspecified atom stereocenters. The Bertz CT molecular complexity index is 917.